The second-order valence-corrected chi connectivity index (χ2v) is 7.68. The molecule has 1 N–H and O–H groups in total. The normalized spacial score (nSPS) is 11.0. The number of anilines is 1. The van der Waals surface area contributed by atoms with Crippen molar-refractivity contribution in [1.82, 2.24) is 9.55 Å². The molecule has 9 heteroatoms. The van der Waals surface area contributed by atoms with Crippen LogP contribution in [0, 0.1) is 6.92 Å². The molecule has 1 amide bonds. The SMILES string of the molecule is COC(=O)c1ccc(Cn2cc(C)c3ccc(C(=O)Nc4c(Cl)cncc4Cl)cc32)o1. The van der Waals surface area contributed by atoms with Crippen molar-refractivity contribution in [3.63, 3.8) is 0 Å². The number of benzene rings is 1. The Hall–Kier alpha value is -3.29. The van der Waals surface area contributed by atoms with Crippen LogP contribution in [0.3, 0.4) is 0 Å². The van der Waals surface area contributed by atoms with Crippen molar-refractivity contribution in [2.75, 3.05) is 12.4 Å². The number of ether oxygens (including phenoxy) is 1. The molecule has 0 fully saturated rings. The molecule has 3 aromatic heterocycles. The summed E-state index contributed by atoms with van der Waals surface area (Å²) in [5.74, 6) is -0.167. The standard InChI is InChI=1S/C22H17Cl2N3O4/c1-12-10-27(11-14-4-6-19(31-14)22(29)30-2)18-7-13(3-5-15(12)18)21(28)26-20-16(23)8-25-9-17(20)24/h3-10H,11H2,1-2H3,(H,25,26,28). The Morgan fingerprint density at radius 3 is 2.61 bits per heavy atom. The van der Waals surface area contributed by atoms with Crippen LogP contribution in [0.5, 0.6) is 0 Å². The number of carbonyl (C=O) groups is 2. The Bertz CT molecular complexity index is 1290. The maximum absolute atomic E-state index is 12.8. The van der Waals surface area contributed by atoms with Crippen molar-refractivity contribution >= 4 is 51.7 Å². The van der Waals surface area contributed by atoms with Crippen LogP contribution in [0.1, 0.15) is 32.2 Å². The summed E-state index contributed by atoms with van der Waals surface area (Å²) in [5.41, 5.74) is 2.63. The number of nitrogens with zero attached hydrogens (tertiary/aromatic N) is 2. The Kier molecular flexibility index (Phi) is 5.71. The topological polar surface area (TPSA) is 86.4 Å². The van der Waals surface area contributed by atoms with Gasteiger partial charge in [0.1, 0.15) is 5.76 Å². The minimum atomic E-state index is -0.535. The van der Waals surface area contributed by atoms with Crippen LogP contribution < -0.4 is 5.32 Å². The van der Waals surface area contributed by atoms with Gasteiger partial charge >= 0.3 is 5.97 Å². The Morgan fingerprint density at radius 2 is 1.90 bits per heavy atom. The number of furan rings is 1. The summed E-state index contributed by atoms with van der Waals surface area (Å²) >= 11 is 12.2. The van der Waals surface area contributed by atoms with Gasteiger partial charge in [-0.25, -0.2) is 4.79 Å². The van der Waals surface area contributed by atoms with E-state index in [9.17, 15) is 9.59 Å². The highest BCUT2D eigenvalue weighted by Crippen LogP contribution is 2.30. The number of rotatable bonds is 5. The number of esters is 1. The third kappa shape index (κ3) is 4.15. The van der Waals surface area contributed by atoms with Crippen LogP contribution in [0.4, 0.5) is 5.69 Å². The molecular weight excluding hydrogens is 441 g/mol. The Balaban J connectivity index is 1.65. The third-order valence-electron chi connectivity index (χ3n) is 4.81. The van der Waals surface area contributed by atoms with Gasteiger partial charge in [-0.05, 0) is 36.8 Å². The summed E-state index contributed by atoms with van der Waals surface area (Å²) in [6, 6.07) is 8.69. The van der Waals surface area contributed by atoms with Gasteiger partial charge in [0.15, 0.2) is 0 Å². The zero-order chi connectivity index (χ0) is 22.1. The monoisotopic (exact) mass is 457 g/mol. The molecule has 4 aromatic rings. The molecule has 0 spiro atoms. The van der Waals surface area contributed by atoms with Crippen molar-refractivity contribution < 1.29 is 18.7 Å². The van der Waals surface area contributed by atoms with Crippen LogP contribution in [0.15, 0.2) is 53.3 Å². The van der Waals surface area contributed by atoms with Crippen LogP contribution in [0.2, 0.25) is 10.0 Å². The Morgan fingerprint density at radius 1 is 1.16 bits per heavy atom. The second kappa shape index (κ2) is 8.45. The predicted molar refractivity (Wildman–Crippen MR) is 118 cm³/mol. The van der Waals surface area contributed by atoms with Crippen molar-refractivity contribution in [3.05, 3.63) is 81.6 Å². The zero-order valence-electron chi connectivity index (χ0n) is 16.6. The fourth-order valence-electron chi connectivity index (χ4n) is 3.31. The number of fused-ring (bicyclic) bond motifs is 1. The minimum absolute atomic E-state index is 0.136. The summed E-state index contributed by atoms with van der Waals surface area (Å²) in [7, 11) is 1.30. The van der Waals surface area contributed by atoms with Crippen LogP contribution >= 0.6 is 23.2 Å². The fourth-order valence-corrected chi connectivity index (χ4v) is 3.76. The van der Waals surface area contributed by atoms with E-state index < -0.39 is 5.97 Å². The van der Waals surface area contributed by atoms with Gasteiger partial charge in [-0.3, -0.25) is 9.78 Å². The van der Waals surface area contributed by atoms with E-state index in [1.54, 1.807) is 24.3 Å². The van der Waals surface area contributed by atoms with Gasteiger partial charge in [0, 0.05) is 35.1 Å². The molecule has 0 radical (unpaired) electrons. The van der Waals surface area contributed by atoms with Gasteiger partial charge in [0.05, 0.1) is 29.4 Å². The highest BCUT2D eigenvalue weighted by atomic mass is 35.5. The number of aryl methyl sites for hydroxylation is 1. The fraction of sp³-hybridized carbons (Fsp3) is 0.136. The minimum Gasteiger partial charge on any atom is -0.463 e. The number of pyridine rings is 1. The molecule has 7 nitrogen and oxygen atoms in total. The lowest BCUT2D eigenvalue weighted by Crippen LogP contribution is -2.13. The molecule has 0 aliphatic carbocycles. The van der Waals surface area contributed by atoms with E-state index in [1.807, 2.05) is 23.8 Å². The van der Waals surface area contributed by atoms with Crippen molar-refractivity contribution in [3.8, 4) is 0 Å². The van der Waals surface area contributed by atoms with Gasteiger partial charge in [-0.1, -0.05) is 29.3 Å². The molecule has 158 valence electrons. The number of aromatic nitrogens is 2. The predicted octanol–water partition coefficient (Wildman–Crippen LogP) is 5.33. The molecule has 0 aliphatic heterocycles. The molecule has 31 heavy (non-hydrogen) atoms. The highest BCUT2D eigenvalue weighted by Gasteiger charge is 2.16. The lowest BCUT2D eigenvalue weighted by atomic mass is 10.1. The highest BCUT2D eigenvalue weighted by molar-refractivity contribution is 6.39. The van der Waals surface area contributed by atoms with E-state index >= 15 is 0 Å². The lowest BCUT2D eigenvalue weighted by Gasteiger charge is -2.09. The molecule has 0 atom stereocenters. The third-order valence-corrected chi connectivity index (χ3v) is 5.38. The van der Waals surface area contributed by atoms with Gasteiger partial charge in [-0.2, -0.15) is 0 Å². The smallest absolute Gasteiger partial charge is 0.373 e. The molecule has 0 bridgehead atoms. The summed E-state index contributed by atoms with van der Waals surface area (Å²) in [4.78, 5) is 28.3. The molecule has 1 aromatic carbocycles. The maximum atomic E-state index is 12.8. The van der Waals surface area contributed by atoms with Gasteiger partial charge < -0.3 is 19.0 Å². The number of hydrogen-bond donors (Lipinski definition) is 1. The average molecular weight is 458 g/mol. The largest absolute Gasteiger partial charge is 0.463 e. The zero-order valence-corrected chi connectivity index (χ0v) is 18.1. The summed E-state index contributed by atoms with van der Waals surface area (Å²) in [5, 5.41) is 4.23. The maximum Gasteiger partial charge on any atom is 0.373 e. The van der Waals surface area contributed by atoms with Crippen LogP contribution in [-0.4, -0.2) is 28.5 Å². The van der Waals surface area contributed by atoms with Crippen LogP contribution in [-0.2, 0) is 11.3 Å². The van der Waals surface area contributed by atoms with E-state index in [4.69, 9.17) is 27.6 Å². The van der Waals surface area contributed by atoms with E-state index in [0.29, 0.717) is 23.6 Å². The molecule has 0 unspecified atom stereocenters. The number of methoxy groups -OCH3 is 1. The summed E-state index contributed by atoms with van der Waals surface area (Å²) in [6.45, 7) is 2.37. The number of amides is 1. The van der Waals surface area contributed by atoms with Crippen molar-refractivity contribution in [1.29, 1.82) is 0 Å². The second-order valence-electron chi connectivity index (χ2n) is 6.86. The lowest BCUT2D eigenvalue weighted by molar-refractivity contribution is 0.0562. The molecule has 0 saturated heterocycles. The first kappa shape index (κ1) is 21.0. The summed E-state index contributed by atoms with van der Waals surface area (Å²) < 4.78 is 12.2. The first-order valence-corrected chi connectivity index (χ1v) is 10.00. The van der Waals surface area contributed by atoms with Crippen molar-refractivity contribution in [2.24, 2.45) is 0 Å². The van der Waals surface area contributed by atoms with E-state index in [1.165, 1.54) is 19.5 Å². The van der Waals surface area contributed by atoms with Gasteiger partial charge in [0.2, 0.25) is 5.76 Å². The number of nitrogens with one attached hydrogen (secondary N) is 1. The first-order valence-electron chi connectivity index (χ1n) is 9.24. The van der Waals surface area contributed by atoms with E-state index in [-0.39, 0.29) is 21.7 Å². The molecule has 4 rings (SSSR count). The quantitative estimate of drug-likeness (QED) is 0.409. The van der Waals surface area contributed by atoms with Crippen LogP contribution in [0.25, 0.3) is 10.9 Å². The average Bonchev–Trinajstić information content (AvgIpc) is 3.35. The van der Waals surface area contributed by atoms with Gasteiger partial charge in [0.25, 0.3) is 5.91 Å². The van der Waals surface area contributed by atoms with E-state index in [0.717, 1.165) is 16.5 Å². The van der Waals surface area contributed by atoms with Gasteiger partial charge in [-0.15, -0.1) is 0 Å². The summed E-state index contributed by atoms with van der Waals surface area (Å²) in [6.07, 6.45) is 4.78. The van der Waals surface area contributed by atoms with Crippen molar-refractivity contribution in [2.45, 2.75) is 13.5 Å². The molecule has 0 saturated carbocycles. The Labute approximate surface area is 187 Å². The number of carbonyl (C=O) groups excluding carboxylic acids is 2. The molecule has 3 heterocycles. The molecule has 0 aliphatic rings. The number of halogens is 2. The number of hydrogen-bond acceptors (Lipinski definition) is 5. The first-order chi connectivity index (χ1) is 14.9. The molecular formula is C22H17Cl2N3O4. The van der Waals surface area contributed by atoms with E-state index in [2.05, 4.69) is 15.0 Å².